The molecule has 0 radical (unpaired) electrons. The maximum Gasteiger partial charge on any atom is 0.337 e. The summed E-state index contributed by atoms with van der Waals surface area (Å²) in [5, 5.41) is 0. The molecule has 4 heteroatoms. The maximum absolute atomic E-state index is 11.3. The number of methoxy groups -OCH3 is 2. The van der Waals surface area contributed by atoms with E-state index in [9.17, 15) is 4.79 Å². The summed E-state index contributed by atoms with van der Waals surface area (Å²) >= 11 is 0. The van der Waals surface area contributed by atoms with Gasteiger partial charge < -0.3 is 14.2 Å². The molecule has 0 saturated heterocycles. The Hall–Kier alpha value is -2.15. The monoisotopic (exact) mass is 220 g/mol. The average Bonchev–Trinajstić information content (AvgIpc) is 2.34. The van der Waals surface area contributed by atoms with Crippen LogP contribution in [0.1, 0.15) is 10.4 Å². The van der Waals surface area contributed by atoms with Crippen molar-refractivity contribution in [2.45, 2.75) is 0 Å². The summed E-state index contributed by atoms with van der Waals surface area (Å²) in [5.41, 5.74) is 0.385. The SMILES string of the molecule is C#CCOc1cc(C(=O)OC)ccc1OC. The molecule has 0 heterocycles. The van der Waals surface area contributed by atoms with E-state index in [0.29, 0.717) is 17.1 Å². The van der Waals surface area contributed by atoms with Crippen molar-refractivity contribution in [3.63, 3.8) is 0 Å². The minimum absolute atomic E-state index is 0.112. The highest BCUT2D eigenvalue weighted by atomic mass is 16.5. The highest BCUT2D eigenvalue weighted by Gasteiger charge is 2.10. The summed E-state index contributed by atoms with van der Waals surface area (Å²) in [4.78, 5) is 11.3. The molecule has 0 aliphatic heterocycles. The van der Waals surface area contributed by atoms with Crippen LogP contribution in [0.3, 0.4) is 0 Å². The van der Waals surface area contributed by atoms with Gasteiger partial charge in [-0.25, -0.2) is 4.79 Å². The van der Waals surface area contributed by atoms with Crippen LogP contribution in [0, 0.1) is 12.3 Å². The van der Waals surface area contributed by atoms with Crippen LogP contribution in [0.5, 0.6) is 11.5 Å². The Bertz CT molecular complexity index is 418. The number of rotatable bonds is 4. The van der Waals surface area contributed by atoms with Crippen molar-refractivity contribution in [2.24, 2.45) is 0 Å². The van der Waals surface area contributed by atoms with Crippen LogP contribution in [-0.2, 0) is 4.74 Å². The molecule has 16 heavy (non-hydrogen) atoms. The zero-order valence-corrected chi connectivity index (χ0v) is 9.15. The Morgan fingerprint density at radius 2 is 2.12 bits per heavy atom. The number of esters is 1. The van der Waals surface area contributed by atoms with Gasteiger partial charge in [-0.15, -0.1) is 6.42 Å². The quantitative estimate of drug-likeness (QED) is 0.569. The van der Waals surface area contributed by atoms with E-state index in [2.05, 4.69) is 10.7 Å². The van der Waals surface area contributed by atoms with Gasteiger partial charge in [0.25, 0.3) is 0 Å². The normalized spacial score (nSPS) is 9.06. The molecule has 0 aromatic heterocycles. The van der Waals surface area contributed by atoms with E-state index in [0.717, 1.165) is 0 Å². The highest BCUT2D eigenvalue weighted by Crippen LogP contribution is 2.28. The van der Waals surface area contributed by atoms with Crippen molar-refractivity contribution in [1.82, 2.24) is 0 Å². The molecule has 4 nitrogen and oxygen atoms in total. The largest absolute Gasteiger partial charge is 0.493 e. The summed E-state index contributed by atoms with van der Waals surface area (Å²) in [6.07, 6.45) is 5.08. The minimum Gasteiger partial charge on any atom is -0.493 e. The van der Waals surface area contributed by atoms with E-state index in [1.165, 1.54) is 20.3 Å². The third-order valence-corrected chi connectivity index (χ3v) is 1.90. The summed E-state index contributed by atoms with van der Waals surface area (Å²) < 4.78 is 14.9. The summed E-state index contributed by atoms with van der Waals surface area (Å²) in [6, 6.07) is 4.74. The van der Waals surface area contributed by atoms with Gasteiger partial charge in [0.15, 0.2) is 11.5 Å². The van der Waals surface area contributed by atoms with E-state index >= 15 is 0 Å². The summed E-state index contributed by atoms with van der Waals surface area (Å²) in [5.74, 6) is 2.84. The van der Waals surface area contributed by atoms with Crippen molar-refractivity contribution in [3.05, 3.63) is 23.8 Å². The fraction of sp³-hybridized carbons (Fsp3) is 0.250. The van der Waals surface area contributed by atoms with Crippen LogP contribution in [0.15, 0.2) is 18.2 Å². The Labute approximate surface area is 94.1 Å². The third-order valence-electron chi connectivity index (χ3n) is 1.90. The van der Waals surface area contributed by atoms with Crippen LogP contribution in [0.4, 0.5) is 0 Å². The van der Waals surface area contributed by atoms with Gasteiger partial charge in [0.2, 0.25) is 0 Å². The number of benzene rings is 1. The van der Waals surface area contributed by atoms with Crippen LogP contribution >= 0.6 is 0 Å². The first-order chi connectivity index (χ1) is 7.72. The lowest BCUT2D eigenvalue weighted by Gasteiger charge is -2.09. The fourth-order valence-corrected chi connectivity index (χ4v) is 1.15. The first-order valence-electron chi connectivity index (χ1n) is 4.55. The zero-order chi connectivity index (χ0) is 12.0. The minimum atomic E-state index is -0.437. The van der Waals surface area contributed by atoms with E-state index in [4.69, 9.17) is 15.9 Å². The molecule has 0 amide bonds. The second-order valence-electron chi connectivity index (χ2n) is 2.85. The second kappa shape index (κ2) is 5.66. The molecule has 0 aliphatic carbocycles. The van der Waals surface area contributed by atoms with Gasteiger partial charge in [0, 0.05) is 0 Å². The number of carbonyl (C=O) groups is 1. The van der Waals surface area contributed by atoms with Gasteiger partial charge in [0.05, 0.1) is 19.8 Å². The van der Waals surface area contributed by atoms with Gasteiger partial charge in [-0.05, 0) is 18.2 Å². The predicted octanol–water partition coefficient (Wildman–Crippen LogP) is 1.49. The highest BCUT2D eigenvalue weighted by molar-refractivity contribution is 5.90. The number of hydrogen-bond acceptors (Lipinski definition) is 4. The lowest BCUT2D eigenvalue weighted by atomic mass is 10.2. The molecule has 0 N–H and O–H groups in total. The van der Waals surface area contributed by atoms with E-state index < -0.39 is 5.97 Å². The van der Waals surface area contributed by atoms with Crippen molar-refractivity contribution in [1.29, 1.82) is 0 Å². The predicted molar refractivity (Wildman–Crippen MR) is 58.7 cm³/mol. The van der Waals surface area contributed by atoms with Gasteiger partial charge in [-0.1, -0.05) is 5.92 Å². The number of hydrogen-bond donors (Lipinski definition) is 0. The number of ether oxygens (including phenoxy) is 3. The molecule has 0 fully saturated rings. The molecule has 0 aliphatic rings. The van der Waals surface area contributed by atoms with Gasteiger partial charge >= 0.3 is 5.97 Å². The molecule has 0 bridgehead atoms. The van der Waals surface area contributed by atoms with Crippen LogP contribution in [-0.4, -0.2) is 26.8 Å². The summed E-state index contributed by atoms with van der Waals surface area (Å²) in [6.45, 7) is 0.112. The smallest absolute Gasteiger partial charge is 0.337 e. The Morgan fingerprint density at radius 1 is 1.38 bits per heavy atom. The first-order valence-corrected chi connectivity index (χ1v) is 4.55. The molecular formula is C12H12O4. The number of terminal acetylenes is 1. The van der Waals surface area contributed by atoms with Crippen LogP contribution < -0.4 is 9.47 Å². The van der Waals surface area contributed by atoms with Crippen molar-refractivity contribution in [2.75, 3.05) is 20.8 Å². The molecular weight excluding hydrogens is 208 g/mol. The van der Waals surface area contributed by atoms with Crippen LogP contribution in [0.25, 0.3) is 0 Å². The summed E-state index contributed by atoms with van der Waals surface area (Å²) in [7, 11) is 2.82. The Morgan fingerprint density at radius 3 is 2.69 bits per heavy atom. The van der Waals surface area contributed by atoms with E-state index in [1.54, 1.807) is 12.1 Å². The standard InChI is InChI=1S/C12H12O4/c1-4-7-16-11-8-9(12(13)15-3)5-6-10(11)14-2/h1,5-6,8H,7H2,2-3H3. The average molecular weight is 220 g/mol. The molecule has 1 rings (SSSR count). The lowest BCUT2D eigenvalue weighted by molar-refractivity contribution is 0.0600. The van der Waals surface area contributed by atoms with Crippen molar-refractivity contribution >= 4 is 5.97 Å². The first kappa shape index (κ1) is 11.9. The van der Waals surface area contributed by atoms with E-state index in [1.807, 2.05) is 0 Å². The molecule has 0 spiro atoms. The fourth-order valence-electron chi connectivity index (χ4n) is 1.15. The van der Waals surface area contributed by atoms with Crippen molar-refractivity contribution in [3.8, 4) is 23.8 Å². The molecule has 1 aromatic rings. The zero-order valence-electron chi connectivity index (χ0n) is 9.15. The molecule has 0 atom stereocenters. The van der Waals surface area contributed by atoms with Gasteiger partial charge in [-0.2, -0.15) is 0 Å². The Kier molecular flexibility index (Phi) is 4.22. The lowest BCUT2D eigenvalue weighted by Crippen LogP contribution is -2.03. The third kappa shape index (κ3) is 2.67. The molecule has 1 aromatic carbocycles. The van der Waals surface area contributed by atoms with Gasteiger partial charge in [0.1, 0.15) is 6.61 Å². The molecule has 84 valence electrons. The Balaban J connectivity index is 3.01. The maximum atomic E-state index is 11.3. The number of carbonyl (C=O) groups excluding carboxylic acids is 1. The molecule has 0 saturated carbocycles. The van der Waals surface area contributed by atoms with Crippen LogP contribution in [0.2, 0.25) is 0 Å². The second-order valence-corrected chi connectivity index (χ2v) is 2.85. The van der Waals surface area contributed by atoms with Gasteiger partial charge in [-0.3, -0.25) is 0 Å². The molecule has 0 unspecified atom stereocenters. The van der Waals surface area contributed by atoms with Crippen molar-refractivity contribution < 1.29 is 19.0 Å². The van der Waals surface area contributed by atoms with E-state index in [-0.39, 0.29) is 6.61 Å². The topological polar surface area (TPSA) is 44.8 Å².